The van der Waals surface area contributed by atoms with E-state index in [1.165, 1.54) is 20.4 Å². The minimum atomic E-state index is -1.23. The number of barbiturate groups is 1. The molecule has 0 N–H and O–H groups in total. The number of amides is 4. The molecule has 0 saturated carbocycles. The molecule has 0 spiro atoms. The van der Waals surface area contributed by atoms with Crippen molar-refractivity contribution in [2.45, 2.75) is 12.5 Å². The summed E-state index contributed by atoms with van der Waals surface area (Å²) in [6, 6.07) is 14.9. The van der Waals surface area contributed by atoms with E-state index in [4.69, 9.17) is 4.42 Å². The average molecular weight is 444 g/mol. The maximum atomic E-state index is 13.3. The minimum Gasteiger partial charge on any atom is -0.464 e. The number of hydrazone groups is 1. The maximum Gasteiger partial charge on any atom is 0.332 e. The lowest BCUT2D eigenvalue weighted by atomic mass is 9.92. The van der Waals surface area contributed by atoms with Crippen molar-refractivity contribution >= 4 is 40.2 Å². The van der Waals surface area contributed by atoms with E-state index in [0.717, 1.165) is 9.80 Å². The van der Waals surface area contributed by atoms with Crippen molar-refractivity contribution in [3.8, 4) is 0 Å². The van der Waals surface area contributed by atoms with Gasteiger partial charge in [0.05, 0.1) is 28.4 Å². The lowest BCUT2D eigenvalue weighted by Crippen LogP contribution is -2.58. The van der Waals surface area contributed by atoms with Gasteiger partial charge in [-0.1, -0.05) is 30.3 Å². The molecule has 5 rings (SSSR count). The molecule has 1 fully saturated rings. The highest BCUT2D eigenvalue weighted by Crippen LogP contribution is 2.37. The van der Waals surface area contributed by atoms with Gasteiger partial charge in [-0.3, -0.25) is 29.2 Å². The highest BCUT2D eigenvalue weighted by Gasteiger charge is 2.48. The molecule has 0 bridgehead atoms. The van der Waals surface area contributed by atoms with E-state index in [1.807, 2.05) is 30.3 Å². The SMILES string of the molecule is CN1C(=O)C(C2=NN(c3ccccc3)C(c3coc4ccccc4c3=O)C2)C(=O)N(C)C1=O. The summed E-state index contributed by atoms with van der Waals surface area (Å²) in [6.07, 6.45) is 1.56. The zero-order valence-electron chi connectivity index (χ0n) is 18.0. The second-order valence-corrected chi connectivity index (χ2v) is 8.02. The van der Waals surface area contributed by atoms with Gasteiger partial charge in [0.25, 0.3) is 0 Å². The van der Waals surface area contributed by atoms with Crippen molar-refractivity contribution in [3.63, 3.8) is 0 Å². The largest absolute Gasteiger partial charge is 0.464 e. The number of para-hydroxylation sites is 2. The first-order chi connectivity index (χ1) is 15.9. The van der Waals surface area contributed by atoms with Gasteiger partial charge < -0.3 is 4.42 Å². The standard InChI is InChI=1S/C24H20N4O5/c1-26-22(30)20(23(31)27(2)24(26)32)17-12-18(28(25-17)14-8-4-3-5-9-14)16-13-33-19-11-7-6-10-15(19)21(16)29/h3-11,13,18,20H,12H2,1-2H3. The highest BCUT2D eigenvalue weighted by molar-refractivity contribution is 6.27. The van der Waals surface area contributed by atoms with Crippen LogP contribution in [0.25, 0.3) is 11.0 Å². The Balaban J connectivity index is 1.61. The lowest BCUT2D eigenvalue weighted by Gasteiger charge is -2.32. The Morgan fingerprint density at radius 3 is 2.21 bits per heavy atom. The summed E-state index contributed by atoms with van der Waals surface area (Å²) in [5.41, 5.74) is 1.61. The van der Waals surface area contributed by atoms with Crippen LogP contribution < -0.4 is 10.4 Å². The molecule has 9 heteroatoms. The predicted octanol–water partition coefficient (Wildman–Crippen LogP) is 2.77. The Bertz CT molecular complexity index is 1360. The Morgan fingerprint density at radius 1 is 0.879 bits per heavy atom. The second-order valence-electron chi connectivity index (χ2n) is 8.02. The first-order valence-corrected chi connectivity index (χ1v) is 10.4. The number of benzene rings is 2. The molecule has 2 aliphatic heterocycles. The monoisotopic (exact) mass is 444 g/mol. The van der Waals surface area contributed by atoms with Crippen LogP contribution in [0.4, 0.5) is 10.5 Å². The van der Waals surface area contributed by atoms with Crippen molar-refractivity contribution in [2.75, 3.05) is 19.1 Å². The molecule has 2 aromatic carbocycles. The van der Waals surface area contributed by atoms with Gasteiger partial charge in [0.2, 0.25) is 11.8 Å². The molecule has 1 aromatic heterocycles. The molecule has 4 amide bonds. The van der Waals surface area contributed by atoms with Crippen LogP contribution >= 0.6 is 0 Å². The number of urea groups is 1. The predicted molar refractivity (Wildman–Crippen MR) is 121 cm³/mol. The average Bonchev–Trinajstić information content (AvgIpc) is 3.27. The van der Waals surface area contributed by atoms with Crippen LogP contribution in [-0.2, 0) is 9.59 Å². The Labute approximate surface area is 188 Å². The van der Waals surface area contributed by atoms with E-state index in [2.05, 4.69) is 5.10 Å². The second kappa shape index (κ2) is 7.70. The maximum absolute atomic E-state index is 13.3. The van der Waals surface area contributed by atoms with Gasteiger partial charge in [-0.25, -0.2) is 4.79 Å². The molecule has 1 unspecified atom stereocenters. The smallest absolute Gasteiger partial charge is 0.332 e. The first kappa shape index (κ1) is 20.6. The van der Waals surface area contributed by atoms with E-state index in [1.54, 1.807) is 29.3 Å². The van der Waals surface area contributed by atoms with E-state index in [9.17, 15) is 19.2 Å². The number of imide groups is 2. The van der Waals surface area contributed by atoms with Gasteiger partial charge >= 0.3 is 6.03 Å². The highest BCUT2D eigenvalue weighted by atomic mass is 16.3. The third-order valence-corrected chi connectivity index (χ3v) is 6.08. The quantitative estimate of drug-likeness (QED) is 0.576. The van der Waals surface area contributed by atoms with Gasteiger partial charge in [0.1, 0.15) is 11.8 Å². The molecular formula is C24H20N4O5. The van der Waals surface area contributed by atoms with E-state index in [-0.39, 0.29) is 17.6 Å². The fraction of sp³-hybridized carbons (Fsp3) is 0.208. The number of fused-ring (bicyclic) bond motifs is 1. The van der Waals surface area contributed by atoms with Gasteiger partial charge in [-0.2, -0.15) is 5.10 Å². The summed E-state index contributed by atoms with van der Waals surface area (Å²) < 4.78 is 5.72. The molecule has 0 radical (unpaired) electrons. The van der Waals surface area contributed by atoms with Gasteiger partial charge in [-0.15, -0.1) is 0 Å². The Kier molecular flexibility index (Phi) is 4.81. The van der Waals surface area contributed by atoms with Crippen LogP contribution in [0.1, 0.15) is 18.0 Å². The number of hydrogen-bond acceptors (Lipinski definition) is 7. The number of rotatable bonds is 3. The van der Waals surface area contributed by atoms with E-state index >= 15 is 0 Å². The molecule has 9 nitrogen and oxygen atoms in total. The summed E-state index contributed by atoms with van der Waals surface area (Å²) in [7, 11) is 2.67. The molecule has 33 heavy (non-hydrogen) atoms. The number of hydrogen-bond donors (Lipinski definition) is 0. The van der Waals surface area contributed by atoms with Crippen molar-refractivity contribution in [2.24, 2.45) is 11.0 Å². The summed E-state index contributed by atoms with van der Waals surface area (Å²) in [4.78, 5) is 53.1. The number of carbonyl (C=O) groups excluding carboxylic acids is 3. The first-order valence-electron chi connectivity index (χ1n) is 10.4. The van der Waals surface area contributed by atoms with Crippen molar-refractivity contribution < 1.29 is 18.8 Å². The van der Waals surface area contributed by atoms with Gasteiger partial charge in [-0.05, 0) is 24.3 Å². The minimum absolute atomic E-state index is 0.149. The van der Waals surface area contributed by atoms with Gasteiger partial charge in [0, 0.05) is 20.5 Å². The van der Waals surface area contributed by atoms with Crippen LogP contribution in [-0.4, -0.2) is 47.5 Å². The molecule has 1 atom stereocenters. The fourth-order valence-electron chi connectivity index (χ4n) is 4.28. The van der Waals surface area contributed by atoms with E-state index in [0.29, 0.717) is 22.2 Å². The summed E-state index contributed by atoms with van der Waals surface area (Å²) in [5.74, 6) is -2.51. The van der Waals surface area contributed by atoms with E-state index < -0.39 is 29.8 Å². The lowest BCUT2D eigenvalue weighted by molar-refractivity contribution is -0.144. The van der Waals surface area contributed by atoms with Crippen LogP contribution in [0.2, 0.25) is 0 Å². The zero-order valence-corrected chi connectivity index (χ0v) is 18.0. The zero-order chi connectivity index (χ0) is 23.3. The van der Waals surface area contributed by atoms with Crippen molar-refractivity contribution in [1.82, 2.24) is 9.80 Å². The van der Waals surface area contributed by atoms with Gasteiger partial charge in [0.15, 0.2) is 11.3 Å². The Hall–Kier alpha value is -4.27. The summed E-state index contributed by atoms with van der Waals surface area (Å²) >= 11 is 0. The Morgan fingerprint density at radius 2 is 1.52 bits per heavy atom. The van der Waals surface area contributed by atoms with Crippen LogP contribution in [0.5, 0.6) is 0 Å². The molecule has 3 aromatic rings. The number of nitrogens with zero attached hydrogens (tertiary/aromatic N) is 4. The number of carbonyl (C=O) groups is 3. The summed E-state index contributed by atoms with van der Waals surface area (Å²) in [5, 5.41) is 6.69. The molecule has 0 aliphatic carbocycles. The normalized spacial score (nSPS) is 19.6. The number of anilines is 1. The van der Waals surface area contributed by atoms with Crippen molar-refractivity contribution in [1.29, 1.82) is 0 Å². The fourth-order valence-corrected chi connectivity index (χ4v) is 4.28. The van der Waals surface area contributed by atoms with Crippen LogP contribution in [0, 0.1) is 5.92 Å². The third-order valence-electron chi connectivity index (χ3n) is 6.08. The molecule has 1 saturated heterocycles. The summed E-state index contributed by atoms with van der Waals surface area (Å²) in [6.45, 7) is 0. The molecule has 3 heterocycles. The van der Waals surface area contributed by atoms with Crippen LogP contribution in [0.3, 0.4) is 0 Å². The molecule has 166 valence electrons. The molecular weight excluding hydrogens is 424 g/mol. The van der Waals surface area contributed by atoms with Crippen molar-refractivity contribution in [3.05, 3.63) is 76.6 Å². The topological polar surface area (TPSA) is 104 Å². The third kappa shape index (κ3) is 3.20. The van der Waals surface area contributed by atoms with Crippen LogP contribution in [0.15, 0.2) is 75.2 Å². The molecule has 2 aliphatic rings.